The van der Waals surface area contributed by atoms with Gasteiger partial charge >= 0.3 is 8.25 Å². The van der Waals surface area contributed by atoms with E-state index in [0.29, 0.717) is 18.4 Å². The maximum absolute atomic E-state index is 13.6. The summed E-state index contributed by atoms with van der Waals surface area (Å²) in [7, 11) is -1.32. The lowest BCUT2D eigenvalue weighted by molar-refractivity contribution is -0.0245. The first-order chi connectivity index (χ1) is 8.82. The topological polar surface area (TPSA) is 66.8 Å². The molecule has 0 unspecified atom stereocenters. The van der Waals surface area contributed by atoms with Crippen LogP contribution in [0, 0.1) is 11.6 Å². The number of ether oxygens (including phenoxy) is 1. The first-order valence-corrected chi connectivity index (χ1v) is 6.85. The minimum Gasteiger partial charge on any atom is -0.373 e. The molecule has 0 aliphatic carbocycles. The van der Waals surface area contributed by atoms with Crippen molar-refractivity contribution in [2.24, 2.45) is 0 Å². The highest BCUT2D eigenvalue weighted by atomic mass is 31.1. The predicted molar refractivity (Wildman–Crippen MR) is 67.7 cm³/mol. The van der Waals surface area contributed by atoms with Crippen molar-refractivity contribution in [3.05, 3.63) is 35.4 Å². The van der Waals surface area contributed by atoms with Gasteiger partial charge in [-0.15, -0.1) is 9.79 Å². The third-order valence-electron chi connectivity index (χ3n) is 2.95. The van der Waals surface area contributed by atoms with Gasteiger partial charge in [-0.05, 0) is 18.9 Å². The summed E-state index contributed by atoms with van der Waals surface area (Å²) in [4.78, 5) is 14.2. The zero-order valence-electron chi connectivity index (χ0n) is 11.1. The Morgan fingerprint density at radius 2 is 1.74 bits per heavy atom. The Bertz CT molecular complexity index is 410. The van der Waals surface area contributed by atoms with E-state index in [0.717, 1.165) is 6.07 Å². The standard InChI is InChI=1S/C12H16F2O.HO3P/c1-4-12(5-2,15-3)10-7-6-9(13)8-11(10)14;1-4(2)3/h6-8H,4-5H2,1-3H3;(H-,1,2,3)/p+1. The molecule has 1 aromatic carbocycles. The molecule has 0 aromatic heterocycles. The molecule has 108 valence electrons. The van der Waals surface area contributed by atoms with Gasteiger partial charge in [0.25, 0.3) is 0 Å². The van der Waals surface area contributed by atoms with Gasteiger partial charge in [0.1, 0.15) is 11.6 Å². The summed E-state index contributed by atoms with van der Waals surface area (Å²) in [5.41, 5.74) is -0.214. The van der Waals surface area contributed by atoms with Gasteiger partial charge in [0.15, 0.2) is 0 Å². The van der Waals surface area contributed by atoms with Crippen LogP contribution >= 0.6 is 8.25 Å². The molecule has 0 saturated heterocycles. The normalized spacial score (nSPS) is 10.7. The van der Waals surface area contributed by atoms with Gasteiger partial charge < -0.3 is 4.74 Å². The quantitative estimate of drug-likeness (QED) is 0.837. The van der Waals surface area contributed by atoms with Crippen LogP contribution < -0.4 is 0 Å². The van der Waals surface area contributed by atoms with Crippen LogP contribution in [0.25, 0.3) is 0 Å². The van der Waals surface area contributed by atoms with Crippen LogP contribution in [0.4, 0.5) is 8.78 Å². The average molecular weight is 295 g/mol. The summed E-state index contributed by atoms with van der Waals surface area (Å²) in [6.07, 6.45) is 1.31. The summed E-state index contributed by atoms with van der Waals surface area (Å²) in [5, 5.41) is 0. The summed E-state index contributed by atoms with van der Waals surface area (Å²) in [6, 6.07) is 3.62. The average Bonchev–Trinajstić information content (AvgIpc) is 2.33. The number of benzene rings is 1. The van der Waals surface area contributed by atoms with Crippen LogP contribution in [0.1, 0.15) is 32.3 Å². The number of rotatable bonds is 4. The fourth-order valence-electron chi connectivity index (χ4n) is 1.89. The van der Waals surface area contributed by atoms with Gasteiger partial charge in [0, 0.05) is 23.3 Å². The lowest BCUT2D eigenvalue weighted by Gasteiger charge is -2.31. The van der Waals surface area contributed by atoms with E-state index < -0.39 is 25.5 Å². The van der Waals surface area contributed by atoms with Gasteiger partial charge in [0.05, 0.1) is 5.60 Å². The second-order valence-electron chi connectivity index (χ2n) is 3.78. The SMILES string of the molecule is CCC(CC)(OC)c1ccc(F)cc1F.O=[P+](O)O. The maximum Gasteiger partial charge on any atom is 0.692 e. The number of hydrogen-bond acceptors (Lipinski definition) is 2. The Morgan fingerprint density at radius 3 is 2.05 bits per heavy atom. The Kier molecular flexibility index (Phi) is 7.87. The van der Waals surface area contributed by atoms with Gasteiger partial charge in [-0.3, -0.25) is 0 Å². The molecule has 0 heterocycles. The minimum absolute atomic E-state index is 0.427. The molecule has 19 heavy (non-hydrogen) atoms. The Labute approximate surface area is 112 Å². The Morgan fingerprint density at radius 1 is 1.26 bits per heavy atom. The highest BCUT2D eigenvalue weighted by Gasteiger charge is 2.30. The largest absolute Gasteiger partial charge is 0.692 e. The van der Waals surface area contributed by atoms with Gasteiger partial charge in [-0.1, -0.05) is 19.9 Å². The highest BCUT2D eigenvalue weighted by Crippen LogP contribution is 2.34. The molecule has 0 spiro atoms. The van der Waals surface area contributed by atoms with Crippen LogP contribution in [-0.2, 0) is 14.9 Å². The summed E-state index contributed by atoms with van der Waals surface area (Å²) >= 11 is 0. The van der Waals surface area contributed by atoms with Crippen LogP contribution in [0.2, 0.25) is 0 Å². The van der Waals surface area contributed by atoms with Crippen LogP contribution in [0.3, 0.4) is 0 Å². The van der Waals surface area contributed by atoms with E-state index >= 15 is 0 Å². The van der Waals surface area contributed by atoms with Crippen LogP contribution in [0.15, 0.2) is 18.2 Å². The second kappa shape index (κ2) is 8.27. The van der Waals surface area contributed by atoms with Crippen LogP contribution in [0.5, 0.6) is 0 Å². The zero-order chi connectivity index (χ0) is 15.1. The molecule has 0 bridgehead atoms. The molecular formula is C12H18F2O4P+. The lowest BCUT2D eigenvalue weighted by atomic mass is 9.88. The van der Waals surface area contributed by atoms with E-state index in [9.17, 15) is 8.78 Å². The van der Waals surface area contributed by atoms with Crippen molar-refractivity contribution < 1.29 is 27.9 Å². The fourth-order valence-corrected chi connectivity index (χ4v) is 1.89. The van der Waals surface area contributed by atoms with Gasteiger partial charge in [0.2, 0.25) is 0 Å². The minimum atomic E-state index is -2.87. The van der Waals surface area contributed by atoms with E-state index in [1.54, 1.807) is 7.11 Å². The first kappa shape index (κ1) is 18.1. The van der Waals surface area contributed by atoms with E-state index in [-0.39, 0.29) is 0 Å². The second-order valence-corrected chi connectivity index (χ2v) is 4.29. The van der Waals surface area contributed by atoms with Crippen molar-refractivity contribution in [3.63, 3.8) is 0 Å². The number of halogens is 2. The van der Waals surface area contributed by atoms with Crippen molar-refractivity contribution in [2.45, 2.75) is 32.3 Å². The molecule has 7 heteroatoms. The Hall–Kier alpha value is -0.940. The third kappa shape index (κ3) is 5.28. The first-order valence-electron chi connectivity index (χ1n) is 5.68. The highest BCUT2D eigenvalue weighted by molar-refractivity contribution is 7.30. The molecule has 4 nitrogen and oxygen atoms in total. The van der Waals surface area contributed by atoms with Crippen molar-refractivity contribution in [3.8, 4) is 0 Å². The van der Waals surface area contributed by atoms with Crippen molar-refractivity contribution >= 4 is 8.25 Å². The molecule has 0 amide bonds. The summed E-state index contributed by atoms with van der Waals surface area (Å²) in [6.45, 7) is 3.85. The zero-order valence-corrected chi connectivity index (χ0v) is 12.0. The van der Waals surface area contributed by atoms with Crippen molar-refractivity contribution in [1.29, 1.82) is 0 Å². The van der Waals surface area contributed by atoms with Gasteiger partial charge in [-0.25, -0.2) is 8.78 Å². The molecule has 0 saturated carbocycles. The fraction of sp³-hybridized carbons (Fsp3) is 0.500. The van der Waals surface area contributed by atoms with E-state index in [1.807, 2.05) is 13.8 Å². The monoisotopic (exact) mass is 295 g/mol. The van der Waals surface area contributed by atoms with Crippen molar-refractivity contribution in [1.82, 2.24) is 0 Å². The molecule has 0 fully saturated rings. The molecule has 1 rings (SSSR count). The van der Waals surface area contributed by atoms with E-state index in [4.69, 9.17) is 19.1 Å². The molecule has 0 aliphatic heterocycles. The third-order valence-corrected chi connectivity index (χ3v) is 2.95. The molecule has 0 aliphatic rings. The van der Waals surface area contributed by atoms with Crippen LogP contribution in [-0.4, -0.2) is 16.9 Å². The molecule has 0 atom stereocenters. The summed E-state index contributed by atoms with van der Waals surface area (Å²) in [5.74, 6) is -1.10. The molecule has 2 N–H and O–H groups in total. The summed E-state index contributed by atoms with van der Waals surface area (Å²) < 4.78 is 40.4. The lowest BCUT2D eigenvalue weighted by Crippen LogP contribution is -2.28. The smallest absolute Gasteiger partial charge is 0.373 e. The molecule has 1 aromatic rings. The van der Waals surface area contributed by atoms with E-state index in [2.05, 4.69) is 0 Å². The Balaban J connectivity index is 0.000000711. The maximum atomic E-state index is 13.6. The molecular weight excluding hydrogens is 277 g/mol. The number of hydrogen-bond donors (Lipinski definition) is 2. The van der Waals surface area contributed by atoms with Crippen molar-refractivity contribution in [2.75, 3.05) is 7.11 Å². The van der Waals surface area contributed by atoms with E-state index in [1.165, 1.54) is 12.1 Å². The predicted octanol–water partition coefficient (Wildman–Crippen LogP) is 3.25. The molecule has 0 radical (unpaired) electrons. The van der Waals surface area contributed by atoms with Gasteiger partial charge in [-0.2, -0.15) is 0 Å². The number of methoxy groups -OCH3 is 1.